The van der Waals surface area contributed by atoms with Gasteiger partial charge in [-0.05, 0) is 62.2 Å². The molecule has 178 valence electrons. The number of rotatable bonds is 9. The maximum absolute atomic E-state index is 13.1. The second-order valence-corrected chi connectivity index (χ2v) is 9.85. The van der Waals surface area contributed by atoms with Crippen molar-refractivity contribution in [3.8, 4) is 5.75 Å². The number of ketones is 1. The highest BCUT2D eigenvalue weighted by atomic mass is 32.2. The third-order valence-electron chi connectivity index (χ3n) is 5.74. The number of carbonyl (C=O) groups is 2. The summed E-state index contributed by atoms with van der Waals surface area (Å²) in [6.07, 6.45) is 3.50. The van der Waals surface area contributed by atoms with E-state index in [0.717, 1.165) is 25.9 Å². The number of aromatic amines is 1. The summed E-state index contributed by atoms with van der Waals surface area (Å²) >= 11 is 0. The molecule has 1 aromatic heterocycles. The normalized spacial score (nSPS) is 13.6. The lowest BCUT2D eigenvalue weighted by atomic mass is 10.2. The Labute approximate surface area is 199 Å². The molecular weight excluding hydrogens is 454 g/mol. The molecule has 2 heterocycles. The van der Waals surface area contributed by atoms with Gasteiger partial charge >= 0.3 is 0 Å². The molecule has 1 saturated heterocycles. The van der Waals surface area contributed by atoms with E-state index in [9.17, 15) is 18.0 Å². The van der Waals surface area contributed by atoms with Gasteiger partial charge in [0, 0.05) is 31.4 Å². The molecule has 0 bridgehead atoms. The molecule has 1 amide bonds. The maximum atomic E-state index is 13.1. The van der Waals surface area contributed by atoms with Crippen molar-refractivity contribution in [1.82, 2.24) is 9.88 Å². The number of benzene rings is 2. The van der Waals surface area contributed by atoms with Crippen LogP contribution in [0.2, 0.25) is 0 Å². The number of anilines is 1. The first kappa shape index (κ1) is 23.6. The van der Waals surface area contributed by atoms with Gasteiger partial charge in [0.15, 0.2) is 6.61 Å². The number of carbonyl (C=O) groups excluding carboxylic acids is 2. The maximum Gasteiger partial charge on any atom is 0.270 e. The largest absolute Gasteiger partial charge is 0.485 e. The van der Waals surface area contributed by atoms with E-state index in [2.05, 4.69) is 4.98 Å². The second kappa shape index (κ2) is 10.1. The van der Waals surface area contributed by atoms with Crippen LogP contribution < -0.4 is 9.04 Å². The van der Waals surface area contributed by atoms with Gasteiger partial charge in [-0.1, -0.05) is 18.2 Å². The van der Waals surface area contributed by atoms with Crippen molar-refractivity contribution in [3.63, 3.8) is 0 Å². The summed E-state index contributed by atoms with van der Waals surface area (Å²) in [7, 11) is -3.74. The SMILES string of the molecule is CCN(c1ccccc1)S(=O)(=O)c1ccc(OCC(=O)c2c[nH]c(C(=O)N3CCCC3)c2)cc1. The lowest BCUT2D eigenvalue weighted by Gasteiger charge is -2.23. The Kier molecular flexibility index (Phi) is 7.02. The number of nitrogens with one attached hydrogen (secondary N) is 1. The highest BCUT2D eigenvalue weighted by Gasteiger charge is 2.24. The average Bonchev–Trinajstić information content (AvgIpc) is 3.56. The number of amides is 1. The fourth-order valence-corrected chi connectivity index (χ4v) is 5.40. The number of para-hydroxylation sites is 1. The standard InChI is InChI=1S/C25H27N3O5S/c1-2-28(20-8-4-3-5-9-20)34(31,32)22-12-10-21(11-13-22)33-18-24(29)19-16-23(26-17-19)25(30)27-14-6-7-15-27/h3-5,8-13,16-17,26H,2,6-7,14-15,18H2,1H3. The molecule has 0 unspecified atom stereocenters. The molecule has 1 N–H and O–H groups in total. The van der Waals surface area contributed by atoms with Crippen LogP contribution in [0.4, 0.5) is 5.69 Å². The molecule has 9 heteroatoms. The van der Waals surface area contributed by atoms with Crippen LogP contribution in [0, 0.1) is 0 Å². The number of Topliss-reactive ketones (excluding diaryl/α,β-unsaturated/α-hetero) is 1. The van der Waals surface area contributed by atoms with E-state index in [1.807, 2.05) is 6.07 Å². The molecule has 34 heavy (non-hydrogen) atoms. The van der Waals surface area contributed by atoms with Gasteiger partial charge in [-0.15, -0.1) is 0 Å². The van der Waals surface area contributed by atoms with Crippen LogP contribution in [0.15, 0.2) is 71.8 Å². The third kappa shape index (κ3) is 4.99. The Morgan fingerprint density at radius 3 is 2.35 bits per heavy atom. The number of hydrogen-bond acceptors (Lipinski definition) is 5. The minimum atomic E-state index is -3.74. The molecule has 1 aliphatic heterocycles. The average molecular weight is 482 g/mol. The fraction of sp³-hybridized carbons (Fsp3) is 0.280. The highest BCUT2D eigenvalue weighted by Crippen LogP contribution is 2.25. The lowest BCUT2D eigenvalue weighted by Crippen LogP contribution is -2.30. The van der Waals surface area contributed by atoms with Crippen molar-refractivity contribution in [2.75, 3.05) is 30.5 Å². The van der Waals surface area contributed by atoms with Crippen molar-refractivity contribution >= 4 is 27.4 Å². The molecule has 0 aliphatic carbocycles. The summed E-state index contributed by atoms with van der Waals surface area (Å²) in [5.74, 6) is -0.0143. The van der Waals surface area contributed by atoms with Crippen LogP contribution in [0.5, 0.6) is 5.75 Å². The highest BCUT2D eigenvalue weighted by molar-refractivity contribution is 7.92. The van der Waals surface area contributed by atoms with Crippen molar-refractivity contribution in [1.29, 1.82) is 0 Å². The van der Waals surface area contributed by atoms with Gasteiger partial charge in [0.2, 0.25) is 5.78 Å². The minimum absolute atomic E-state index is 0.106. The second-order valence-electron chi connectivity index (χ2n) is 7.99. The number of H-pyrrole nitrogens is 1. The van der Waals surface area contributed by atoms with Crippen molar-refractivity contribution in [2.45, 2.75) is 24.7 Å². The third-order valence-corrected chi connectivity index (χ3v) is 7.66. The zero-order valence-electron chi connectivity index (χ0n) is 18.9. The summed E-state index contributed by atoms with van der Waals surface area (Å²) < 4.78 is 33.0. The Balaban J connectivity index is 1.38. The molecule has 2 aromatic carbocycles. The molecule has 1 fully saturated rings. The molecule has 1 aliphatic rings. The van der Waals surface area contributed by atoms with E-state index in [1.54, 1.807) is 42.2 Å². The summed E-state index contributed by atoms with van der Waals surface area (Å²) in [6.45, 7) is 3.30. The first-order valence-electron chi connectivity index (χ1n) is 11.2. The van der Waals surface area contributed by atoms with Gasteiger partial charge in [-0.25, -0.2) is 8.42 Å². The molecule has 0 atom stereocenters. The van der Waals surface area contributed by atoms with Crippen molar-refractivity contribution < 1.29 is 22.7 Å². The number of sulfonamides is 1. The number of nitrogens with zero attached hydrogens (tertiary/aromatic N) is 2. The van der Waals surface area contributed by atoms with Crippen LogP contribution in [0.3, 0.4) is 0 Å². The van der Waals surface area contributed by atoms with Crippen LogP contribution >= 0.6 is 0 Å². The topological polar surface area (TPSA) is 99.8 Å². The zero-order chi connectivity index (χ0) is 24.1. The van der Waals surface area contributed by atoms with E-state index in [4.69, 9.17) is 4.74 Å². The Bertz CT molecular complexity index is 1250. The van der Waals surface area contributed by atoms with Crippen LogP contribution in [0.1, 0.15) is 40.6 Å². The van der Waals surface area contributed by atoms with E-state index < -0.39 is 10.0 Å². The monoisotopic (exact) mass is 481 g/mol. The van der Waals surface area contributed by atoms with Crippen LogP contribution in [-0.2, 0) is 10.0 Å². The fourth-order valence-electron chi connectivity index (χ4n) is 3.92. The van der Waals surface area contributed by atoms with Gasteiger partial charge < -0.3 is 14.6 Å². The quantitative estimate of drug-likeness (QED) is 0.470. The number of ether oxygens (including phenoxy) is 1. The predicted octanol–water partition coefficient (Wildman–Crippen LogP) is 3.73. The number of hydrogen-bond donors (Lipinski definition) is 1. The van der Waals surface area contributed by atoms with Gasteiger partial charge in [-0.2, -0.15) is 0 Å². The van der Waals surface area contributed by atoms with Gasteiger partial charge in [0.05, 0.1) is 10.6 Å². The van der Waals surface area contributed by atoms with Crippen LogP contribution in [-0.4, -0.2) is 56.2 Å². The molecule has 0 spiro atoms. The summed E-state index contributed by atoms with van der Waals surface area (Å²) in [4.78, 5) is 29.7. The number of likely N-dealkylation sites (tertiary alicyclic amines) is 1. The Hall–Kier alpha value is -3.59. The smallest absolute Gasteiger partial charge is 0.270 e. The predicted molar refractivity (Wildman–Crippen MR) is 129 cm³/mol. The molecule has 8 nitrogen and oxygen atoms in total. The summed E-state index contributed by atoms with van der Waals surface area (Å²) in [5, 5.41) is 0. The summed E-state index contributed by atoms with van der Waals surface area (Å²) in [5.41, 5.74) is 1.34. The van der Waals surface area contributed by atoms with Crippen LogP contribution in [0.25, 0.3) is 0 Å². The van der Waals surface area contributed by atoms with Crippen molar-refractivity contribution in [2.24, 2.45) is 0 Å². The van der Waals surface area contributed by atoms with Gasteiger partial charge in [-0.3, -0.25) is 13.9 Å². The van der Waals surface area contributed by atoms with Gasteiger partial charge in [0.1, 0.15) is 11.4 Å². The van der Waals surface area contributed by atoms with Crippen molar-refractivity contribution in [3.05, 3.63) is 78.1 Å². The first-order chi connectivity index (χ1) is 16.4. The Morgan fingerprint density at radius 1 is 1.03 bits per heavy atom. The minimum Gasteiger partial charge on any atom is -0.485 e. The molecule has 3 aromatic rings. The van der Waals surface area contributed by atoms with E-state index >= 15 is 0 Å². The Morgan fingerprint density at radius 2 is 1.71 bits per heavy atom. The zero-order valence-corrected chi connectivity index (χ0v) is 19.8. The molecular formula is C25H27N3O5S. The number of aromatic nitrogens is 1. The lowest BCUT2D eigenvalue weighted by molar-refractivity contribution is 0.0787. The molecule has 4 rings (SSSR count). The molecule has 0 radical (unpaired) electrons. The van der Waals surface area contributed by atoms with E-state index in [0.29, 0.717) is 22.7 Å². The molecule has 0 saturated carbocycles. The first-order valence-corrected chi connectivity index (χ1v) is 12.7. The van der Waals surface area contributed by atoms with Gasteiger partial charge in [0.25, 0.3) is 15.9 Å². The van der Waals surface area contributed by atoms with E-state index in [-0.39, 0.29) is 29.7 Å². The summed E-state index contributed by atoms with van der Waals surface area (Å²) in [6, 6.07) is 16.4. The van der Waals surface area contributed by atoms with E-state index in [1.165, 1.54) is 34.8 Å².